The van der Waals surface area contributed by atoms with E-state index in [1.165, 1.54) is 12.1 Å². The fourth-order valence-corrected chi connectivity index (χ4v) is 2.38. The number of carbonyl (C=O) groups excluding carboxylic acids is 1. The zero-order valence-electron chi connectivity index (χ0n) is 11.7. The highest BCUT2D eigenvalue weighted by molar-refractivity contribution is 5.93. The summed E-state index contributed by atoms with van der Waals surface area (Å²) in [6, 6.07) is 2.71. The van der Waals surface area contributed by atoms with Crippen LogP contribution in [0.4, 0.5) is 0 Å². The zero-order chi connectivity index (χ0) is 14.8. The number of carboxylic acid groups (broad SMARTS) is 1. The minimum Gasteiger partial charge on any atom is -0.475 e. The number of nitrogens with zero attached hydrogens (tertiary/aromatic N) is 1. The summed E-state index contributed by atoms with van der Waals surface area (Å²) in [5.74, 6) is -1.59. The van der Waals surface area contributed by atoms with Gasteiger partial charge in [-0.1, -0.05) is 0 Å². The fourth-order valence-electron chi connectivity index (χ4n) is 2.38. The van der Waals surface area contributed by atoms with Crippen LogP contribution >= 0.6 is 0 Å². The van der Waals surface area contributed by atoms with E-state index in [1.54, 1.807) is 12.0 Å². The molecule has 1 fully saturated rings. The van der Waals surface area contributed by atoms with Crippen molar-refractivity contribution in [3.63, 3.8) is 0 Å². The van der Waals surface area contributed by atoms with Gasteiger partial charge < -0.3 is 19.2 Å². The normalized spacial score (nSPS) is 23.4. The van der Waals surface area contributed by atoms with Crippen LogP contribution in [-0.4, -0.2) is 47.7 Å². The Kier molecular flexibility index (Phi) is 4.13. The van der Waals surface area contributed by atoms with Crippen LogP contribution in [0.15, 0.2) is 16.5 Å². The van der Waals surface area contributed by atoms with Gasteiger partial charge in [0.1, 0.15) is 0 Å². The summed E-state index contributed by atoms with van der Waals surface area (Å²) in [7, 11) is 1.68. The van der Waals surface area contributed by atoms with E-state index >= 15 is 0 Å². The lowest BCUT2D eigenvalue weighted by molar-refractivity contribution is -0.00543. The SMILES string of the molecule is COC1(C)CCCN(C(=O)c2ccc(C(=O)O)o2)CC1. The molecule has 1 unspecified atom stereocenters. The molecular weight excluding hydrogens is 262 g/mol. The van der Waals surface area contributed by atoms with Crippen molar-refractivity contribution in [3.8, 4) is 0 Å². The van der Waals surface area contributed by atoms with E-state index in [0.717, 1.165) is 19.3 Å². The standard InChI is InChI=1S/C14H19NO5/c1-14(19-2)6-3-8-15(9-7-14)12(16)10-4-5-11(20-10)13(17)18/h4-5H,3,6-9H2,1-2H3,(H,17,18). The lowest BCUT2D eigenvalue weighted by Gasteiger charge is -2.26. The first-order valence-electron chi connectivity index (χ1n) is 6.63. The number of ether oxygens (including phenoxy) is 1. The van der Waals surface area contributed by atoms with E-state index in [0.29, 0.717) is 13.1 Å². The molecule has 1 N–H and O–H groups in total. The van der Waals surface area contributed by atoms with Gasteiger partial charge in [-0.2, -0.15) is 0 Å². The van der Waals surface area contributed by atoms with Gasteiger partial charge in [-0.05, 0) is 38.3 Å². The Labute approximate surface area is 117 Å². The first-order valence-corrected chi connectivity index (χ1v) is 6.63. The van der Waals surface area contributed by atoms with Crippen molar-refractivity contribution >= 4 is 11.9 Å². The van der Waals surface area contributed by atoms with Crippen molar-refractivity contribution in [2.75, 3.05) is 20.2 Å². The molecular formula is C14H19NO5. The predicted molar refractivity (Wildman–Crippen MR) is 70.8 cm³/mol. The minimum absolute atomic E-state index is 0.0726. The average Bonchev–Trinajstić information content (AvgIpc) is 2.83. The zero-order valence-corrected chi connectivity index (χ0v) is 11.7. The Balaban J connectivity index is 2.07. The van der Waals surface area contributed by atoms with Crippen molar-refractivity contribution in [1.29, 1.82) is 0 Å². The summed E-state index contributed by atoms with van der Waals surface area (Å²) in [4.78, 5) is 24.7. The molecule has 0 radical (unpaired) electrons. The number of hydrogen-bond acceptors (Lipinski definition) is 4. The topological polar surface area (TPSA) is 80.0 Å². The summed E-state index contributed by atoms with van der Waals surface area (Å²) in [6.07, 6.45) is 2.50. The molecule has 0 spiro atoms. The number of aromatic carboxylic acids is 1. The van der Waals surface area contributed by atoms with Crippen LogP contribution in [0.5, 0.6) is 0 Å². The average molecular weight is 281 g/mol. The van der Waals surface area contributed by atoms with Gasteiger partial charge in [0.25, 0.3) is 5.91 Å². The van der Waals surface area contributed by atoms with Crippen molar-refractivity contribution in [3.05, 3.63) is 23.7 Å². The fraction of sp³-hybridized carbons (Fsp3) is 0.571. The van der Waals surface area contributed by atoms with Crippen molar-refractivity contribution in [1.82, 2.24) is 4.90 Å². The Morgan fingerprint density at radius 2 is 2.00 bits per heavy atom. The second-order valence-electron chi connectivity index (χ2n) is 5.27. The van der Waals surface area contributed by atoms with Crippen molar-refractivity contribution < 1.29 is 23.8 Å². The Morgan fingerprint density at radius 1 is 1.30 bits per heavy atom. The molecule has 1 aromatic heterocycles. The molecule has 6 heteroatoms. The van der Waals surface area contributed by atoms with E-state index in [9.17, 15) is 9.59 Å². The van der Waals surface area contributed by atoms with Crippen LogP contribution in [-0.2, 0) is 4.74 Å². The van der Waals surface area contributed by atoms with Gasteiger partial charge in [-0.15, -0.1) is 0 Å². The smallest absolute Gasteiger partial charge is 0.371 e. The van der Waals surface area contributed by atoms with Crippen LogP contribution in [0.2, 0.25) is 0 Å². The molecule has 1 atom stereocenters. The van der Waals surface area contributed by atoms with Crippen LogP contribution in [0, 0.1) is 0 Å². The third kappa shape index (κ3) is 3.01. The molecule has 1 saturated heterocycles. The molecule has 6 nitrogen and oxygen atoms in total. The molecule has 0 saturated carbocycles. The lowest BCUT2D eigenvalue weighted by atomic mass is 9.97. The van der Waals surface area contributed by atoms with Crippen LogP contribution < -0.4 is 0 Å². The van der Waals surface area contributed by atoms with Crippen molar-refractivity contribution in [2.45, 2.75) is 31.8 Å². The Bertz CT molecular complexity index is 509. The van der Waals surface area contributed by atoms with E-state index in [-0.39, 0.29) is 23.0 Å². The highest BCUT2D eigenvalue weighted by atomic mass is 16.5. The molecule has 0 bridgehead atoms. The van der Waals surface area contributed by atoms with Gasteiger partial charge in [-0.25, -0.2) is 4.79 Å². The van der Waals surface area contributed by atoms with Crippen LogP contribution in [0.1, 0.15) is 47.3 Å². The number of rotatable bonds is 3. The first-order chi connectivity index (χ1) is 9.45. The van der Waals surface area contributed by atoms with E-state index in [1.807, 2.05) is 6.92 Å². The van der Waals surface area contributed by atoms with Crippen molar-refractivity contribution in [2.24, 2.45) is 0 Å². The third-order valence-electron chi connectivity index (χ3n) is 3.85. The minimum atomic E-state index is -1.17. The number of methoxy groups -OCH3 is 1. The number of likely N-dealkylation sites (tertiary alicyclic amines) is 1. The summed E-state index contributed by atoms with van der Waals surface area (Å²) in [6.45, 7) is 3.24. The molecule has 1 aliphatic rings. The molecule has 1 aliphatic heterocycles. The second kappa shape index (κ2) is 5.66. The van der Waals surface area contributed by atoms with Gasteiger partial charge in [0.2, 0.25) is 5.76 Å². The number of amides is 1. The second-order valence-corrected chi connectivity index (χ2v) is 5.27. The number of hydrogen-bond donors (Lipinski definition) is 1. The molecule has 1 aromatic rings. The first kappa shape index (κ1) is 14.6. The highest BCUT2D eigenvalue weighted by Crippen LogP contribution is 2.26. The van der Waals surface area contributed by atoms with Gasteiger partial charge in [-0.3, -0.25) is 4.79 Å². The maximum absolute atomic E-state index is 12.3. The summed E-state index contributed by atoms with van der Waals surface area (Å²) in [5.41, 5.74) is -0.204. The lowest BCUT2D eigenvalue weighted by Crippen LogP contribution is -2.34. The molecule has 2 rings (SSSR count). The maximum atomic E-state index is 12.3. The van der Waals surface area contributed by atoms with E-state index in [2.05, 4.69) is 0 Å². The van der Waals surface area contributed by atoms with E-state index < -0.39 is 5.97 Å². The number of furan rings is 1. The predicted octanol–water partition coefficient (Wildman–Crippen LogP) is 2.01. The monoisotopic (exact) mass is 281 g/mol. The number of carboxylic acids is 1. The van der Waals surface area contributed by atoms with Gasteiger partial charge in [0.05, 0.1) is 5.60 Å². The van der Waals surface area contributed by atoms with Crippen LogP contribution in [0.3, 0.4) is 0 Å². The van der Waals surface area contributed by atoms with E-state index in [4.69, 9.17) is 14.3 Å². The number of carbonyl (C=O) groups is 2. The summed E-state index contributed by atoms with van der Waals surface area (Å²) in [5, 5.41) is 8.80. The quantitative estimate of drug-likeness (QED) is 0.916. The summed E-state index contributed by atoms with van der Waals surface area (Å²) >= 11 is 0. The molecule has 110 valence electrons. The third-order valence-corrected chi connectivity index (χ3v) is 3.85. The molecule has 1 amide bonds. The van der Waals surface area contributed by atoms with Gasteiger partial charge >= 0.3 is 5.97 Å². The maximum Gasteiger partial charge on any atom is 0.371 e. The molecule has 20 heavy (non-hydrogen) atoms. The molecule has 0 aliphatic carbocycles. The molecule has 2 heterocycles. The Morgan fingerprint density at radius 3 is 2.60 bits per heavy atom. The highest BCUT2D eigenvalue weighted by Gasteiger charge is 2.30. The summed E-state index contributed by atoms with van der Waals surface area (Å²) < 4.78 is 10.5. The van der Waals surface area contributed by atoms with Crippen LogP contribution in [0.25, 0.3) is 0 Å². The molecule has 0 aromatic carbocycles. The van der Waals surface area contributed by atoms with Gasteiger partial charge in [0.15, 0.2) is 5.76 Å². The largest absolute Gasteiger partial charge is 0.475 e. The van der Waals surface area contributed by atoms with Gasteiger partial charge in [0, 0.05) is 20.2 Å². The Hall–Kier alpha value is -1.82.